The molecule has 0 unspecified atom stereocenters. The molecule has 0 spiro atoms. The zero-order valence-corrected chi connectivity index (χ0v) is 12.9. The van der Waals surface area contributed by atoms with Gasteiger partial charge in [-0.05, 0) is 54.0 Å². The number of carbonyl (C=O) groups excluding carboxylic acids is 1. The summed E-state index contributed by atoms with van der Waals surface area (Å²) in [4.78, 5) is 12.4. The molecule has 3 N–H and O–H groups in total. The number of carbonyl (C=O) groups is 1. The molecule has 0 bridgehead atoms. The summed E-state index contributed by atoms with van der Waals surface area (Å²) < 4.78 is 0. The summed E-state index contributed by atoms with van der Waals surface area (Å²) in [5.41, 5.74) is 7.30. The normalized spacial score (nSPS) is 16.4. The monoisotopic (exact) mass is 327 g/mol. The Morgan fingerprint density at radius 3 is 2.70 bits per heavy atom. The Kier molecular flexibility index (Phi) is 3.16. The molecule has 0 atom stereocenters. The Balaban J connectivity index is 1.65. The third-order valence-corrected chi connectivity index (χ3v) is 4.30. The number of anilines is 2. The van der Waals surface area contributed by atoms with Gasteiger partial charge in [-0.2, -0.15) is 0 Å². The van der Waals surface area contributed by atoms with Crippen molar-refractivity contribution in [2.24, 2.45) is 0 Å². The molecule has 2 aliphatic rings. The summed E-state index contributed by atoms with van der Waals surface area (Å²) in [6, 6.07) is 12.4. The molecule has 0 radical (unpaired) electrons. The highest BCUT2D eigenvalue weighted by atomic mass is 35.5. The minimum absolute atomic E-state index is 0.176. The van der Waals surface area contributed by atoms with E-state index in [1.165, 1.54) is 0 Å². The van der Waals surface area contributed by atoms with Gasteiger partial charge in [-0.15, -0.1) is 0 Å². The zero-order valence-electron chi connectivity index (χ0n) is 12.1. The highest BCUT2D eigenvalue weighted by Crippen LogP contribution is 2.32. The van der Waals surface area contributed by atoms with Gasteiger partial charge in [0, 0.05) is 10.7 Å². The van der Waals surface area contributed by atoms with Gasteiger partial charge >= 0.3 is 0 Å². The van der Waals surface area contributed by atoms with Crippen LogP contribution in [-0.2, 0) is 11.2 Å². The smallest absolute Gasteiger partial charge is 0.286 e. The number of aromatic hydroxyl groups is 1. The number of hydrazine groups is 1. The third kappa shape index (κ3) is 2.49. The Hall–Kier alpha value is -2.66. The van der Waals surface area contributed by atoms with Crippen LogP contribution < -0.4 is 15.8 Å². The van der Waals surface area contributed by atoms with E-state index in [0.717, 1.165) is 22.5 Å². The number of benzene rings is 2. The molecule has 0 fully saturated rings. The number of hydrogen-bond acceptors (Lipinski definition) is 4. The predicted octanol–water partition coefficient (Wildman–Crippen LogP) is 2.82. The second-order valence-corrected chi connectivity index (χ2v) is 6.06. The Morgan fingerprint density at radius 1 is 1.13 bits per heavy atom. The molecule has 4 rings (SSSR count). The van der Waals surface area contributed by atoms with Crippen molar-refractivity contribution in [2.45, 2.75) is 6.42 Å². The lowest BCUT2D eigenvalue weighted by Gasteiger charge is -2.35. The van der Waals surface area contributed by atoms with Gasteiger partial charge in [-0.25, -0.2) is 0 Å². The topological polar surface area (TPSA) is 64.6 Å². The van der Waals surface area contributed by atoms with Crippen molar-refractivity contribution < 1.29 is 9.90 Å². The Labute approximate surface area is 138 Å². The maximum atomic E-state index is 12.4. The molecular formula is C17H14ClN3O2. The maximum Gasteiger partial charge on any atom is 0.286 e. The first-order valence-electron chi connectivity index (χ1n) is 7.25. The molecule has 0 saturated carbocycles. The molecule has 0 aliphatic carbocycles. The van der Waals surface area contributed by atoms with Crippen LogP contribution in [0.5, 0.6) is 5.75 Å². The van der Waals surface area contributed by atoms with E-state index < -0.39 is 0 Å². The minimum atomic E-state index is -0.176. The van der Waals surface area contributed by atoms with Crippen molar-refractivity contribution in [2.75, 3.05) is 16.9 Å². The third-order valence-electron chi connectivity index (χ3n) is 4.06. The van der Waals surface area contributed by atoms with Gasteiger partial charge in [0.25, 0.3) is 5.91 Å². The highest BCUT2D eigenvalue weighted by molar-refractivity contribution is 6.31. The molecule has 2 aromatic rings. The SMILES string of the molecule is O=C1NN(c2ccc(O)cc2)CC2=C1Nc1cc(Cl)ccc1C2. The lowest BCUT2D eigenvalue weighted by atomic mass is 9.95. The van der Waals surface area contributed by atoms with Gasteiger partial charge in [-0.3, -0.25) is 15.2 Å². The van der Waals surface area contributed by atoms with Crippen molar-refractivity contribution >= 4 is 28.9 Å². The summed E-state index contributed by atoms with van der Waals surface area (Å²) >= 11 is 6.02. The standard InChI is InChI=1S/C17H14ClN3O2/c18-12-2-1-10-7-11-9-21(13-3-5-14(22)6-4-13)20-17(23)16(11)19-15(10)8-12/h1-6,8,19,22H,7,9H2,(H,20,23). The molecule has 2 aromatic carbocycles. The second kappa shape index (κ2) is 5.21. The van der Waals surface area contributed by atoms with Gasteiger partial charge in [0.05, 0.1) is 12.2 Å². The van der Waals surface area contributed by atoms with E-state index in [-0.39, 0.29) is 11.7 Å². The number of fused-ring (bicyclic) bond motifs is 1. The highest BCUT2D eigenvalue weighted by Gasteiger charge is 2.29. The van der Waals surface area contributed by atoms with Crippen molar-refractivity contribution in [3.63, 3.8) is 0 Å². The lowest BCUT2D eigenvalue weighted by Crippen LogP contribution is -2.50. The van der Waals surface area contributed by atoms with Crippen molar-refractivity contribution in [1.29, 1.82) is 0 Å². The van der Waals surface area contributed by atoms with Crippen molar-refractivity contribution in [3.05, 3.63) is 64.3 Å². The van der Waals surface area contributed by atoms with Crippen molar-refractivity contribution in [3.8, 4) is 5.75 Å². The Morgan fingerprint density at radius 2 is 1.91 bits per heavy atom. The molecule has 23 heavy (non-hydrogen) atoms. The van der Waals surface area contributed by atoms with E-state index in [1.807, 2.05) is 18.2 Å². The van der Waals surface area contributed by atoms with E-state index in [2.05, 4.69) is 10.7 Å². The van der Waals surface area contributed by atoms with E-state index >= 15 is 0 Å². The lowest BCUT2D eigenvalue weighted by molar-refractivity contribution is -0.117. The average molecular weight is 328 g/mol. The fourth-order valence-corrected chi connectivity index (χ4v) is 3.08. The molecule has 0 saturated heterocycles. The van der Waals surface area contributed by atoms with E-state index in [9.17, 15) is 9.90 Å². The molecule has 5 nitrogen and oxygen atoms in total. The largest absolute Gasteiger partial charge is 0.508 e. The second-order valence-electron chi connectivity index (χ2n) is 5.63. The van der Waals surface area contributed by atoms with Crippen LogP contribution in [0.4, 0.5) is 11.4 Å². The molecule has 0 aromatic heterocycles. The van der Waals surface area contributed by atoms with Crippen LogP contribution in [0, 0.1) is 0 Å². The summed E-state index contributed by atoms with van der Waals surface area (Å²) in [5.74, 6) is 0.0204. The first-order valence-corrected chi connectivity index (χ1v) is 7.63. The molecule has 2 aliphatic heterocycles. The summed E-state index contributed by atoms with van der Waals surface area (Å²) in [5, 5.41) is 15.0. The van der Waals surface area contributed by atoms with Crippen molar-refractivity contribution in [1.82, 2.24) is 5.43 Å². The maximum absolute atomic E-state index is 12.4. The van der Waals surface area contributed by atoms with Gasteiger partial charge in [-0.1, -0.05) is 17.7 Å². The predicted molar refractivity (Wildman–Crippen MR) is 89.4 cm³/mol. The van der Waals surface area contributed by atoms with Crippen LogP contribution >= 0.6 is 11.6 Å². The number of nitrogens with zero attached hydrogens (tertiary/aromatic N) is 1. The number of hydrogen-bond donors (Lipinski definition) is 3. The van der Waals surface area contributed by atoms with Crippen LogP contribution in [0.1, 0.15) is 5.56 Å². The van der Waals surface area contributed by atoms with Crippen LogP contribution in [0.25, 0.3) is 0 Å². The number of phenolic OH excluding ortho intramolecular Hbond substituents is 1. The quantitative estimate of drug-likeness (QED) is 0.753. The fourth-order valence-electron chi connectivity index (χ4n) is 2.91. The van der Waals surface area contributed by atoms with Crippen LogP contribution in [0.2, 0.25) is 5.02 Å². The summed E-state index contributed by atoms with van der Waals surface area (Å²) in [7, 11) is 0. The van der Waals surface area contributed by atoms with E-state index in [0.29, 0.717) is 23.7 Å². The number of amides is 1. The summed E-state index contributed by atoms with van der Waals surface area (Å²) in [6.45, 7) is 0.584. The van der Waals surface area contributed by atoms with Crippen LogP contribution in [-0.4, -0.2) is 17.6 Å². The fraction of sp³-hybridized carbons (Fsp3) is 0.118. The molecule has 1 amide bonds. The molecule has 2 heterocycles. The first kappa shape index (κ1) is 14.0. The molecule has 116 valence electrons. The summed E-state index contributed by atoms with van der Waals surface area (Å²) in [6.07, 6.45) is 0.705. The van der Waals surface area contributed by atoms with E-state index in [1.54, 1.807) is 29.3 Å². The van der Waals surface area contributed by atoms with Gasteiger partial charge in [0.1, 0.15) is 11.4 Å². The van der Waals surface area contributed by atoms with Crippen LogP contribution in [0.3, 0.4) is 0 Å². The minimum Gasteiger partial charge on any atom is -0.508 e. The number of halogens is 1. The molecule has 6 heteroatoms. The number of rotatable bonds is 1. The number of nitrogens with one attached hydrogen (secondary N) is 2. The Bertz CT molecular complexity index is 830. The number of phenols is 1. The van der Waals surface area contributed by atoms with Gasteiger partial charge < -0.3 is 10.4 Å². The average Bonchev–Trinajstić information content (AvgIpc) is 2.54. The van der Waals surface area contributed by atoms with Gasteiger partial charge in [0.15, 0.2) is 0 Å². The molecular weight excluding hydrogens is 314 g/mol. The zero-order chi connectivity index (χ0) is 16.0. The van der Waals surface area contributed by atoms with Crippen LogP contribution in [0.15, 0.2) is 53.7 Å². The van der Waals surface area contributed by atoms with E-state index in [4.69, 9.17) is 11.6 Å². The van der Waals surface area contributed by atoms with Gasteiger partial charge in [0.2, 0.25) is 0 Å². The first-order chi connectivity index (χ1) is 11.1.